The van der Waals surface area contributed by atoms with E-state index in [1.54, 1.807) is 10.7 Å². The zero-order valence-electron chi connectivity index (χ0n) is 11.7. The SMILES string of the molecule is Cc1cccc(Cl)c1NC(=O)Cn1nc(C)c(N)c1C. The average molecular weight is 293 g/mol. The van der Waals surface area contributed by atoms with Crippen LogP contribution in [0.1, 0.15) is 17.0 Å². The minimum Gasteiger partial charge on any atom is -0.396 e. The van der Waals surface area contributed by atoms with Crippen LogP contribution in [0.5, 0.6) is 0 Å². The number of carbonyl (C=O) groups is 1. The van der Waals surface area contributed by atoms with Gasteiger partial charge in [0.1, 0.15) is 6.54 Å². The molecule has 6 heteroatoms. The summed E-state index contributed by atoms with van der Waals surface area (Å²) in [6, 6.07) is 5.48. The van der Waals surface area contributed by atoms with E-state index >= 15 is 0 Å². The van der Waals surface area contributed by atoms with E-state index in [1.165, 1.54) is 0 Å². The van der Waals surface area contributed by atoms with E-state index in [9.17, 15) is 4.79 Å². The largest absolute Gasteiger partial charge is 0.396 e. The Balaban J connectivity index is 2.15. The van der Waals surface area contributed by atoms with E-state index in [0.717, 1.165) is 17.0 Å². The summed E-state index contributed by atoms with van der Waals surface area (Å²) < 4.78 is 1.59. The summed E-state index contributed by atoms with van der Waals surface area (Å²) in [7, 11) is 0. The number of hydrogen-bond acceptors (Lipinski definition) is 3. The topological polar surface area (TPSA) is 72.9 Å². The molecule has 106 valence electrons. The molecule has 0 radical (unpaired) electrons. The lowest BCUT2D eigenvalue weighted by Crippen LogP contribution is -2.21. The highest BCUT2D eigenvalue weighted by Crippen LogP contribution is 2.25. The van der Waals surface area contributed by atoms with Crippen LogP contribution in [0.15, 0.2) is 18.2 Å². The molecule has 1 aromatic heterocycles. The van der Waals surface area contributed by atoms with Gasteiger partial charge in [-0.2, -0.15) is 5.10 Å². The molecule has 5 nitrogen and oxygen atoms in total. The number of nitrogens with zero attached hydrogens (tertiary/aromatic N) is 2. The molecule has 0 atom stereocenters. The number of carbonyl (C=O) groups excluding carboxylic acids is 1. The highest BCUT2D eigenvalue weighted by atomic mass is 35.5. The van der Waals surface area contributed by atoms with Gasteiger partial charge in [-0.3, -0.25) is 9.48 Å². The number of nitrogens with two attached hydrogens (primary N) is 1. The average Bonchev–Trinajstić information content (AvgIpc) is 2.62. The molecule has 1 aromatic carbocycles. The minimum absolute atomic E-state index is 0.106. The van der Waals surface area contributed by atoms with Gasteiger partial charge in [0.25, 0.3) is 0 Å². The molecular formula is C14H17ClN4O. The number of amides is 1. The van der Waals surface area contributed by atoms with Gasteiger partial charge in [0, 0.05) is 0 Å². The molecule has 1 heterocycles. The molecule has 0 saturated carbocycles. The second-order valence-electron chi connectivity index (χ2n) is 4.72. The third-order valence-electron chi connectivity index (χ3n) is 3.22. The summed E-state index contributed by atoms with van der Waals surface area (Å²) in [5.41, 5.74) is 9.52. The Labute approximate surface area is 122 Å². The first-order chi connectivity index (χ1) is 9.40. The molecule has 2 aromatic rings. The van der Waals surface area contributed by atoms with E-state index in [2.05, 4.69) is 10.4 Å². The van der Waals surface area contributed by atoms with Crippen LogP contribution in [-0.2, 0) is 11.3 Å². The zero-order valence-corrected chi connectivity index (χ0v) is 12.5. The van der Waals surface area contributed by atoms with Gasteiger partial charge in [-0.25, -0.2) is 0 Å². The van der Waals surface area contributed by atoms with Gasteiger partial charge in [-0.15, -0.1) is 0 Å². The van der Waals surface area contributed by atoms with E-state index in [4.69, 9.17) is 17.3 Å². The van der Waals surface area contributed by atoms with Gasteiger partial charge in [0.05, 0.1) is 27.8 Å². The van der Waals surface area contributed by atoms with Crippen molar-refractivity contribution in [2.75, 3.05) is 11.1 Å². The Morgan fingerprint density at radius 1 is 1.40 bits per heavy atom. The van der Waals surface area contributed by atoms with Crippen LogP contribution < -0.4 is 11.1 Å². The maximum Gasteiger partial charge on any atom is 0.246 e. The summed E-state index contributed by atoms with van der Waals surface area (Å²) in [5.74, 6) is -0.188. The zero-order chi connectivity index (χ0) is 14.9. The number of anilines is 2. The Hall–Kier alpha value is -2.01. The van der Waals surface area contributed by atoms with Crippen molar-refractivity contribution < 1.29 is 4.79 Å². The fourth-order valence-corrected chi connectivity index (χ4v) is 2.24. The summed E-state index contributed by atoms with van der Waals surface area (Å²) in [6.07, 6.45) is 0. The first kappa shape index (κ1) is 14.4. The van der Waals surface area contributed by atoms with Gasteiger partial charge < -0.3 is 11.1 Å². The van der Waals surface area contributed by atoms with Crippen LogP contribution >= 0.6 is 11.6 Å². The smallest absolute Gasteiger partial charge is 0.246 e. The second-order valence-corrected chi connectivity index (χ2v) is 5.13. The van der Waals surface area contributed by atoms with Crippen molar-refractivity contribution in [3.05, 3.63) is 40.2 Å². The molecule has 0 aliphatic rings. The molecule has 3 N–H and O–H groups in total. The number of halogens is 1. The lowest BCUT2D eigenvalue weighted by atomic mass is 10.2. The normalized spacial score (nSPS) is 10.6. The molecular weight excluding hydrogens is 276 g/mol. The first-order valence-electron chi connectivity index (χ1n) is 6.24. The fraction of sp³-hybridized carbons (Fsp3) is 0.286. The highest BCUT2D eigenvalue weighted by molar-refractivity contribution is 6.33. The van der Waals surface area contributed by atoms with Gasteiger partial charge in [-0.1, -0.05) is 23.7 Å². The van der Waals surface area contributed by atoms with Gasteiger partial charge >= 0.3 is 0 Å². The number of rotatable bonds is 3. The maximum absolute atomic E-state index is 12.1. The Bertz CT molecular complexity index is 643. The number of nitrogens with one attached hydrogen (secondary N) is 1. The lowest BCUT2D eigenvalue weighted by Gasteiger charge is -2.11. The summed E-state index contributed by atoms with van der Waals surface area (Å²) in [5, 5.41) is 7.56. The van der Waals surface area contributed by atoms with Crippen molar-refractivity contribution in [2.45, 2.75) is 27.3 Å². The number of para-hydroxylation sites is 1. The number of aryl methyl sites for hydroxylation is 2. The third kappa shape index (κ3) is 2.77. The minimum atomic E-state index is -0.188. The monoisotopic (exact) mass is 292 g/mol. The lowest BCUT2D eigenvalue weighted by molar-refractivity contribution is -0.116. The Morgan fingerprint density at radius 3 is 2.65 bits per heavy atom. The van der Waals surface area contributed by atoms with E-state index in [-0.39, 0.29) is 12.5 Å². The standard InChI is InChI=1S/C14H17ClN4O/c1-8-5-4-6-11(15)14(8)17-12(20)7-19-10(3)13(16)9(2)18-19/h4-6H,7,16H2,1-3H3,(H,17,20). The van der Waals surface area contributed by atoms with Crippen molar-refractivity contribution in [2.24, 2.45) is 0 Å². The molecule has 0 aliphatic carbocycles. The van der Waals surface area contributed by atoms with Crippen molar-refractivity contribution in [3.8, 4) is 0 Å². The number of benzene rings is 1. The highest BCUT2D eigenvalue weighted by Gasteiger charge is 2.13. The van der Waals surface area contributed by atoms with Gasteiger partial charge in [0.15, 0.2) is 0 Å². The number of hydrogen-bond donors (Lipinski definition) is 2. The van der Waals surface area contributed by atoms with Crippen LogP contribution in [0, 0.1) is 20.8 Å². The number of aromatic nitrogens is 2. The molecule has 0 saturated heterocycles. The van der Waals surface area contributed by atoms with E-state index in [1.807, 2.05) is 32.9 Å². The van der Waals surface area contributed by atoms with E-state index in [0.29, 0.717) is 16.4 Å². The molecule has 20 heavy (non-hydrogen) atoms. The number of nitrogen functional groups attached to an aromatic ring is 1. The van der Waals surface area contributed by atoms with Crippen LogP contribution in [0.4, 0.5) is 11.4 Å². The maximum atomic E-state index is 12.1. The summed E-state index contributed by atoms with van der Waals surface area (Å²) in [6.45, 7) is 5.65. The second kappa shape index (κ2) is 5.54. The third-order valence-corrected chi connectivity index (χ3v) is 3.53. The van der Waals surface area contributed by atoms with Crippen LogP contribution in [-0.4, -0.2) is 15.7 Å². The van der Waals surface area contributed by atoms with Crippen molar-refractivity contribution in [1.29, 1.82) is 0 Å². The van der Waals surface area contributed by atoms with Crippen molar-refractivity contribution >= 4 is 28.9 Å². The van der Waals surface area contributed by atoms with Gasteiger partial charge in [0.2, 0.25) is 5.91 Å². The van der Waals surface area contributed by atoms with Crippen LogP contribution in [0.2, 0.25) is 5.02 Å². The molecule has 0 unspecified atom stereocenters. The molecule has 0 fully saturated rings. The Kier molecular flexibility index (Phi) is 3.99. The quantitative estimate of drug-likeness (QED) is 0.913. The van der Waals surface area contributed by atoms with Gasteiger partial charge in [-0.05, 0) is 32.4 Å². The Morgan fingerprint density at radius 2 is 2.10 bits per heavy atom. The van der Waals surface area contributed by atoms with Crippen LogP contribution in [0.25, 0.3) is 0 Å². The van der Waals surface area contributed by atoms with Crippen molar-refractivity contribution in [1.82, 2.24) is 9.78 Å². The summed E-state index contributed by atoms with van der Waals surface area (Å²) >= 11 is 6.08. The molecule has 0 spiro atoms. The summed E-state index contributed by atoms with van der Waals surface area (Å²) in [4.78, 5) is 12.1. The van der Waals surface area contributed by atoms with Crippen LogP contribution in [0.3, 0.4) is 0 Å². The molecule has 1 amide bonds. The molecule has 0 aliphatic heterocycles. The molecule has 2 rings (SSSR count). The predicted molar refractivity (Wildman–Crippen MR) is 80.9 cm³/mol. The fourth-order valence-electron chi connectivity index (χ4n) is 1.97. The molecule has 0 bridgehead atoms. The predicted octanol–water partition coefficient (Wildman–Crippen LogP) is 2.68. The van der Waals surface area contributed by atoms with E-state index < -0.39 is 0 Å². The van der Waals surface area contributed by atoms with Crippen molar-refractivity contribution in [3.63, 3.8) is 0 Å². The first-order valence-corrected chi connectivity index (χ1v) is 6.62.